The molecular formula is C8H12N2O4S. The molecule has 0 atom stereocenters. The molecule has 1 N–H and O–H groups in total. The molecule has 0 unspecified atom stereocenters. The monoisotopic (exact) mass is 232 g/mol. The third-order valence-electron chi connectivity index (χ3n) is 1.29. The second-order valence-corrected chi connectivity index (χ2v) is 4.67. The molecule has 0 aromatic heterocycles. The molecule has 0 heterocycles. The number of rotatable bonds is 5. The molecule has 0 aliphatic carbocycles. The van der Waals surface area contributed by atoms with Crippen molar-refractivity contribution in [2.24, 2.45) is 0 Å². The van der Waals surface area contributed by atoms with Crippen LogP contribution in [0.2, 0.25) is 0 Å². The van der Waals surface area contributed by atoms with Gasteiger partial charge in [-0.3, -0.25) is 4.79 Å². The summed E-state index contributed by atoms with van der Waals surface area (Å²) < 4.78 is 26.4. The van der Waals surface area contributed by atoms with Crippen LogP contribution in [-0.4, -0.2) is 33.8 Å². The van der Waals surface area contributed by atoms with Crippen LogP contribution in [0.3, 0.4) is 0 Å². The molecule has 0 fully saturated rings. The van der Waals surface area contributed by atoms with Crippen molar-refractivity contribution < 1.29 is 17.9 Å². The Morgan fingerprint density at radius 2 is 2.20 bits per heavy atom. The molecule has 0 amide bonds. The van der Waals surface area contributed by atoms with Gasteiger partial charge in [0.25, 0.3) is 0 Å². The fourth-order valence-electron chi connectivity index (χ4n) is 0.641. The molecule has 0 spiro atoms. The molecule has 0 aromatic carbocycles. The van der Waals surface area contributed by atoms with E-state index in [1.807, 2.05) is 0 Å². The molecule has 0 aromatic rings. The summed E-state index contributed by atoms with van der Waals surface area (Å²) in [6, 6.07) is 1.54. The van der Waals surface area contributed by atoms with E-state index in [1.165, 1.54) is 6.92 Å². The van der Waals surface area contributed by atoms with E-state index in [9.17, 15) is 13.2 Å². The van der Waals surface area contributed by atoms with Crippen LogP contribution in [0.15, 0.2) is 11.1 Å². The lowest BCUT2D eigenvalue weighted by molar-refractivity contribution is -0.140. The normalized spacial score (nSPS) is 11.7. The van der Waals surface area contributed by atoms with Crippen molar-refractivity contribution in [1.29, 1.82) is 5.26 Å². The molecule has 15 heavy (non-hydrogen) atoms. The highest BCUT2D eigenvalue weighted by atomic mass is 32.2. The molecule has 7 heteroatoms. The Kier molecular flexibility index (Phi) is 5.41. The zero-order valence-electron chi connectivity index (χ0n) is 8.48. The van der Waals surface area contributed by atoms with Crippen LogP contribution in [0.5, 0.6) is 0 Å². The molecule has 0 saturated carbocycles. The van der Waals surface area contributed by atoms with Gasteiger partial charge in [-0.25, -0.2) is 8.42 Å². The lowest BCUT2D eigenvalue weighted by atomic mass is 10.6. The summed E-state index contributed by atoms with van der Waals surface area (Å²) in [5.74, 6) is -0.413. The van der Waals surface area contributed by atoms with Gasteiger partial charge in [0.05, 0.1) is 0 Å². The molecule has 6 nitrogen and oxygen atoms in total. The van der Waals surface area contributed by atoms with E-state index in [4.69, 9.17) is 5.26 Å². The predicted octanol–water partition coefficient (Wildman–Crippen LogP) is -0.451. The first-order chi connectivity index (χ1) is 6.88. The Morgan fingerprint density at radius 1 is 1.60 bits per heavy atom. The summed E-state index contributed by atoms with van der Waals surface area (Å²) in [4.78, 5) is 9.99. The van der Waals surface area contributed by atoms with Gasteiger partial charge in [0.1, 0.15) is 12.7 Å². The first-order valence-electron chi connectivity index (χ1n) is 4.05. The Morgan fingerprint density at radius 3 is 2.60 bits per heavy atom. The zero-order chi connectivity index (χ0) is 11.9. The van der Waals surface area contributed by atoms with Crippen LogP contribution in [-0.2, 0) is 19.4 Å². The number of nitrogens with one attached hydrogen (secondary N) is 1. The van der Waals surface area contributed by atoms with Gasteiger partial charge in [0, 0.05) is 25.9 Å². The number of nitrogens with zero attached hydrogens (tertiary/aromatic N) is 1. The van der Waals surface area contributed by atoms with E-state index < -0.39 is 15.8 Å². The summed E-state index contributed by atoms with van der Waals surface area (Å²) in [6.07, 6.45) is 2.02. The number of hydrogen-bond donors (Lipinski definition) is 1. The minimum Gasteiger partial charge on any atom is -0.464 e. The highest BCUT2D eigenvalue weighted by Crippen LogP contribution is 1.99. The van der Waals surface area contributed by atoms with Gasteiger partial charge in [0.2, 0.25) is 0 Å². The average Bonchev–Trinajstić information content (AvgIpc) is 2.08. The number of sulfone groups is 1. The lowest BCUT2D eigenvalue weighted by Crippen LogP contribution is -2.17. The number of carbonyl (C=O) groups is 1. The van der Waals surface area contributed by atoms with Gasteiger partial charge in [0.15, 0.2) is 14.7 Å². The quantitative estimate of drug-likeness (QED) is 0.392. The second-order valence-electron chi connectivity index (χ2n) is 2.69. The topological polar surface area (TPSA) is 96.3 Å². The summed E-state index contributed by atoms with van der Waals surface area (Å²) in [6.45, 7) is 1.64. The van der Waals surface area contributed by atoms with E-state index in [-0.39, 0.29) is 18.1 Å². The number of allylic oxidation sites excluding steroid dienone is 1. The fraction of sp³-hybridized carbons (Fsp3) is 0.500. The largest absolute Gasteiger partial charge is 0.464 e. The number of ether oxygens (including phenoxy) is 1. The van der Waals surface area contributed by atoms with E-state index in [2.05, 4.69) is 10.1 Å². The summed E-state index contributed by atoms with van der Waals surface area (Å²) >= 11 is 0. The van der Waals surface area contributed by atoms with Gasteiger partial charge in [-0.15, -0.1) is 0 Å². The van der Waals surface area contributed by atoms with Gasteiger partial charge in [-0.1, -0.05) is 0 Å². The van der Waals surface area contributed by atoms with Crippen LogP contribution < -0.4 is 5.32 Å². The zero-order valence-corrected chi connectivity index (χ0v) is 9.30. The maximum absolute atomic E-state index is 10.9. The van der Waals surface area contributed by atoms with E-state index >= 15 is 0 Å². The number of nitriles is 1. The standard InChI is InChI=1S/C8H12N2O4S/c1-7(11)14-4-3-10-6-8(5-9)15(2,12)13/h6,10H,3-4H2,1-2H3/b8-6+. The van der Waals surface area contributed by atoms with Crippen LogP contribution >= 0.6 is 0 Å². The van der Waals surface area contributed by atoms with Crippen molar-refractivity contribution in [1.82, 2.24) is 5.32 Å². The van der Waals surface area contributed by atoms with Crippen molar-refractivity contribution >= 4 is 15.8 Å². The predicted molar refractivity (Wildman–Crippen MR) is 53.2 cm³/mol. The Balaban J connectivity index is 4.07. The van der Waals surface area contributed by atoms with E-state index in [0.29, 0.717) is 0 Å². The Bertz CT molecular complexity index is 391. The highest BCUT2D eigenvalue weighted by molar-refractivity contribution is 7.94. The first-order valence-corrected chi connectivity index (χ1v) is 5.94. The summed E-state index contributed by atoms with van der Waals surface area (Å²) in [5.41, 5.74) is 0. The molecule has 0 bridgehead atoms. The average molecular weight is 232 g/mol. The van der Waals surface area contributed by atoms with Gasteiger partial charge in [-0.05, 0) is 0 Å². The summed E-state index contributed by atoms with van der Waals surface area (Å²) in [5, 5.41) is 11.0. The number of esters is 1. The molecule has 84 valence electrons. The molecule has 0 aliphatic heterocycles. The van der Waals surface area contributed by atoms with Gasteiger partial charge >= 0.3 is 5.97 Å². The number of hydrogen-bond acceptors (Lipinski definition) is 6. The van der Waals surface area contributed by atoms with Crippen molar-refractivity contribution in [2.45, 2.75) is 6.92 Å². The smallest absolute Gasteiger partial charge is 0.302 e. The third kappa shape index (κ3) is 6.51. The van der Waals surface area contributed by atoms with Crippen molar-refractivity contribution in [3.8, 4) is 6.07 Å². The van der Waals surface area contributed by atoms with Crippen molar-refractivity contribution in [3.63, 3.8) is 0 Å². The molecule has 0 saturated heterocycles. The molecule has 0 rings (SSSR count). The minimum atomic E-state index is -3.49. The SMILES string of the molecule is CC(=O)OCCN/C=C(\C#N)S(C)(=O)=O. The van der Waals surface area contributed by atoms with Crippen LogP contribution in [0.25, 0.3) is 0 Å². The van der Waals surface area contributed by atoms with Gasteiger partial charge in [-0.2, -0.15) is 5.26 Å². The molecule has 0 aliphatic rings. The molecular weight excluding hydrogens is 220 g/mol. The maximum Gasteiger partial charge on any atom is 0.302 e. The summed E-state index contributed by atoms with van der Waals surface area (Å²) in [7, 11) is -3.49. The van der Waals surface area contributed by atoms with Crippen LogP contribution in [0.1, 0.15) is 6.92 Å². The van der Waals surface area contributed by atoms with Crippen LogP contribution in [0, 0.1) is 11.3 Å². The second kappa shape index (κ2) is 6.03. The minimum absolute atomic E-state index is 0.119. The van der Waals surface area contributed by atoms with Crippen LogP contribution in [0.4, 0.5) is 0 Å². The lowest BCUT2D eigenvalue weighted by Gasteiger charge is -2.01. The van der Waals surface area contributed by atoms with Crippen molar-refractivity contribution in [3.05, 3.63) is 11.1 Å². The Labute approximate surface area is 88.4 Å². The van der Waals surface area contributed by atoms with Gasteiger partial charge < -0.3 is 10.1 Å². The number of carbonyl (C=O) groups excluding carboxylic acids is 1. The van der Waals surface area contributed by atoms with Crippen molar-refractivity contribution in [2.75, 3.05) is 19.4 Å². The first kappa shape index (κ1) is 13.4. The van der Waals surface area contributed by atoms with E-state index in [0.717, 1.165) is 12.5 Å². The maximum atomic E-state index is 10.9. The molecule has 0 radical (unpaired) electrons. The fourth-order valence-corrected chi connectivity index (χ4v) is 1.10. The Hall–Kier alpha value is -1.55. The van der Waals surface area contributed by atoms with E-state index in [1.54, 1.807) is 6.07 Å². The highest BCUT2D eigenvalue weighted by Gasteiger charge is 2.09. The third-order valence-corrected chi connectivity index (χ3v) is 2.30.